The van der Waals surface area contributed by atoms with Crippen LogP contribution in [-0.4, -0.2) is 47.5 Å². The smallest absolute Gasteiger partial charge is 0.408 e. The predicted octanol–water partition coefficient (Wildman–Crippen LogP) is 1.35. The molecule has 0 radical (unpaired) electrons. The SMILES string of the molecule is O=C(Cn1c(=O)oc2ccccc21)N1CCCCC1C1OCCO1. The lowest BCUT2D eigenvalue weighted by molar-refractivity contribution is -0.151. The molecule has 2 aliphatic heterocycles. The molecular weight excluding hydrogens is 312 g/mol. The zero-order valence-electron chi connectivity index (χ0n) is 13.3. The number of aromatic nitrogens is 1. The van der Waals surface area contributed by atoms with E-state index >= 15 is 0 Å². The summed E-state index contributed by atoms with van der Waals surface area (Å²) in [6.45, 7) is 1.76. The number of nitrogens with zero attached hydrogens (tertiary/aromatic N) is 2. The van der Waals surface area contributed by atoms with Gasteiger partial charge in [0.2, 0.25) is 5.91 Å². The first-order chi connectivity index (χ1) is 11.7. The summed E-state index contributed by atoms with van der Waals surface area (Å²) >= 11 is 0. The minimum atomic E-state index is -0.508. The first-order valence-corrected chi connectivity index (χ1v) is 8.35. The Morgan fingerprint density at radius 1 is 1.17 bits per heavy atom. The van der Waals surface area contributed by atoms with E-state index in [0.29, 0.717) is 30.9 Å². The number of fused-ring (bicyclic) bond motifs is 1. The molecule has 2 aromatic rings. The van der Waals surface area contributed by atoms with E-state index in [2.05, 4.69) is 0 Å². The molecule has 4 rings (SSSR count). The third kappa shape index (κ3) is 2.74. The molecule has 1 atom stereocenters. The van der Waals surface area contributed by atoms with Gasteiger partial charge in [0.1, 0.15) is 6.54 Å². The Balaban J connectivity index is 1.57. The lowest BCUT2D eigenvalue weighted by Crippen LogP contribution is -2.51. The summed E-state index contributed by atoms with van der Waals surface area (Å²) in [7, 11) is 0. The standard InChI is InChI=1S/C17H20N2O5/c20-15(11-19-12-5-1-2-7-14(12)24-17(19)21)18-8-4-3-6-13(18)16-22-9-10-23-16/h1-2,5,7,13,16H,3-4,6,8-11H2. The molecular formula is C17H20N2O5. The average Bonchev–Trinajstić information content (AvgIpc) is 3.24. The van der Waals surface area contributed by atoms with Gasteiger partial charge in [-0.3, -0.25) is 9.36 Å². The Morgan fingerprint density at radius 3 is 2.79 bits per heavy atom. The van der Waals surface area contributed by atoms with Gasteiger partial charge >= 0.3 is 5.76 Å². The van der Waals surface area contributed by atoms with Crippen molar-refractivity contribution in [2.75, 3.05) is 19.8 Å². The highest BCUT2D eigenvalue weighted by molar-refractivity contribution is 5.80. The second kappa shape index (κ2) is 6.41. The fourth-order valence-electron chi connectivity index (χ4n) is 3.54. The fraction of sp³-hybridized carbons (Fsp3) is 0.529. The van der Waals surface area contributed by atoms with Crippen LogP contribution in [0.5, 0.6) is 0 Å². The molecule has 7 nitrogen and oxygen atoms in total. The zero-order chi connectivity index (χ0) is 16.5. The van der Waals surface area contributed by atoms with Crippen LogP contribution >= 0.6 is 0 Å². The molecule has 0 bridgehead atoms. The number of piperidine rings is 1. The minimum Gasteiger partial charge on any atom is -0.408 e. The predicted molar refractivity (Wildman–Crippen MR) is 85.5 cm³/mol. The van der Waals surface area contributed by atoms with E-state index in [1.54, 1.807) is 23.1 Å². The number of para-hydroxylation sites is 2. The molecule has 0 N–H and O–H groups in total. The average molecular weight is 332 g/mol. The molecule has 2 saturated heterocycles. The summed E-state index contributed by atoms with van der Waals surface area (Å²) in [6, 6.07) is 7.05. The number of likely N-dealkylation sites (tertiary alicyclic amines) is 1. The topological polar surface area (TPSA) is 73.9 Å². The highest BCUT2D eigenvalue weighted by Crippen LogP contribution is 2.25. The molecule has 24 heavy (non-hydrogen) atoms. The largest absolute Gasteiger partial charge is 0.420 e. The van der Waals surface area contributed by atoms with Gasteiger partial charge in [-0.05, 0) is 31.4 Å². The second-order valence-electron chi connectivity index (χ2n) is 6.18. The quantitative estimate of drug-likeness (QED) is 0.848. The van der Waals surface area contributed by atoms with Crippen LogP contribution in [0.2, 0.25) is 0 Å². The first-order valence-electron chi connectivity index (χ1n) is 8.35. The third-order valence-electron chi connectivity index (χ3n) is 4.70. The number of carbonyl (C=O) groups is 1. The van der Waals surface area contributed by atoms with Gasteiger partial charge in [-0.2, -0.15) is 0 Å². The molecule has 3 heterocycles. The van der Waals surface area contributed by atoms with Crippen LogP contribution in [0.4, 0.5) is 0 Å². The van der Waals surface area contributed by atoms with E-state index in [4.69, 9.17) is 13.9 Å². The van der Waals surface area contributed by atoms with E-state index in [1.807, 2.05) is 6.07 Å². The summed E-state index contributed by atoms with van der Waals surface area (Å²) in [5.74, 6) is -0.612. The van der Waals surface area contributed by atoms with Crippen LogP contribution in [0.3, 0.4) is 0 Å². The Labute approximate surface area is 138 Å². The van der Waals surface area contributed by atoms with Crippen LogP contribution in [0.15, 0.2) is 33.5 Å². The molecule has 7 heteroatoms. The van der Waals surface area contributed by atoms with Crippen LogP contribution in [0.1, 0.15) is 19.3 Å². The van der Waals surface area contributed by atoms with E-state index in [-0.39, 0.29) is 24.8 Å². The van der Waals surface area contributed by atoms with E-state index in [0.717, 1.165) is 19.3 Å². The van der Waals surface area contributed by atoms with Crippen molar-refractivity contribution in [3.05, 3.63) is 34.8 Å². The van der Waals surface area contributed by atoms with Gasteiger partial charge in [-0.15, -0.1) is 0 Å². The first kappa shape index (κ1) is 15.4. The summed E-state index contributed by atoms with van der Waals surface area (Å²) < 4.78 is 17.8. The van der Waals surface area contributed by atoms with Crippen LogP contribution in [-0.2, 0) is 20.8 Å². The molecule has 1 amide bonds. The maximum Gasteiger partial charge on any atom is 0.420 e. The lowest BCUT2D eigenvalue weighted by Gasteiger charge is -2.38. The van der Waals surface area contributed by atoms with Gasteiger partial charge in [0.25, 0.3) is 0 Å². The number of benzene rings is 1. The molecule has 128 valence electrons. The molecule has 1 aromatic carbocycles. The monoisotopic (exact) mass is 332 g/mol. The number of oxazole rings is 1. The number of rotatable bonds is 3. The molecule has 2 aliphatic rings. The van der Waals surface area contributed by atoms with E-state index < -0.39 is 5.76 Å². The summed E-state index contributed by atoms with van der Waals surface area (Å²) in [4.78, 5) is 26.7. The van der Waals surface area contributed by atoms with Crippen LogP contribution < -0.4 is 5.76 Å². The van der Waals surface area contributed by atoms with Gasteiger partial charge in [-0.1, -0.05) is 12.1 Å². The van der Waals surface area contributed by atoms with Crippen molar-refractivity contribution in [2.45, 2.75) is 38.1 Å². The van der Waals surface area contributed by atoms with Gasteiger partial charge in [0, 0.05) is 6.54 Å². The number of amides is 1. The molecule has 2 fully saturated rings. The van der Waals surface area contributed by atoms with Crippen molar-refractivity contribution in [3.8, 4) is 0 Å². The summed E-state index contributed by atoms with van der Waals surface area (Å²) in [5, 5.41) is 0. The molecule has 1 aromatic heterocycles. The van der Waals surface area contributed by atoms with Crippen molar-refractivity contribution >= 4 is 17.0 Å². The van der Waals surface area contributed by atoms with Gasteiger partial charge in [0.15, 0.2) is 11.9 Å². The van der Waals surface area contributed by atoms with Crippen LogP contribution in [0, 0.1) is 0 Å². The number of hydrogen-bond acceptors (Lipinski definition) is 5. The number of carbonyl (C=O) groups excluding carboxylic acids is 1. The highest BCUT2D eigenvalue weighted by Gasteiger charge is 2.36. The Hall–Kier alpha value is -2.12. The van der Waals surface area contributed by atoms with E-state index in [9.17, 15) is 9.59 Å². The Bertz CT molecular complexity index is 790. The second-order valence-corrected chi connectivity index (χ2v) is 6.18. The maximum absolute atomic E-state index is 12.8. The van der Waals surface area contributed by atoms with Gasteiger partial charge in [0.05, 0.1) is 24.8 Å². The van der Waals surface area contributed by atoms with Gasteiger partial charge < -0.3 is 18.8 Å². The fourth-order valence-corrected chi connectivity index (χ4v) is 3.54. The van der Waals surface area contributed by atoms with Gasteiger partial charge in [-0.25, -0.2) is 4.79 Å². The molecule has 0 saturated carbocycles. The zero-order valence-corrected chi connectivity index (χ0v) is 13.3. The maximum atomic E-state index is 12.8. The molecule has 0 aliphatic carbocycles. The number of hydrogen-bond donors (Lipinski definition) is 0. The Morgan fingerprint density at radius 2 is 1.96 bits per heavy atom. The molecule has 0 spiro atoms. The van der Waals surface area contributed by atoms with Crippen molar-refractivity contribution in [3.63, 3.8) is 0 Å². The highest BCUT2D eigenvalue weighted by atomic mass is 16.7. The minimum absolute atomic E-state index is 0.0287. The normalized spacial score (nSPS) is 22.3. The van der Waals surface area contributed by atoms with Crippen molar-refractivity contribution in [1.29, 1.82) is 0 Å². The third-order valence-corrected chi connectivity index (χ3v) is 4.70. The number of ether oxygens (including phenoxy) is 2. The van der Waals surface area contributed by atoms with Crippen molar-refractivity contribution < 1.29 is 18.7 Å². The summed E-state index contributed by atoms with van der Waals surface area (Å²) in [6.07, 6.45) is 2.51. The van der Waals surface area contributed by atoms with Crippen molar-refractivity contribution in [2.24, 2.45) is 0 Å². The van der Waals surface area contributed by atoms with Crippen molar-refractivity contribution in [1.82, 2.24) is 9.47 Å². The summed E-state index contributed by atoms with van der Waals surface area (Å²) in [5.41, 5.74) is 1.13. The van der Waals surface area contributed by atoms with E-state index in [1.165, 1.54) is 4.57 Å². The Kier molecular flexibility index (Phi) is 4.12. The van der Waals surface area contributed by atoms with Crippen LogP contribution in [0.25, 0.3) is 11.1 Å². The lowest BCUT2D eigenvalue weighted by atomic mass is 10.0. The molecule has 1 unspecified atom stereocenters.